The lowest BCUT2D eigenvalue weighted by molar-refractivity contribution is 0.0950. The third-order valence-corrected chi connectivity index (χ3v) is 3.94. The fraction of sp³-hybridized carbons (Fsp3) is 0.562. The van der Waals surface area contributed by atoms with Gasteiger partial charge in [-0.15, -0.1) is 0 Å². The lowest BCUT2D eigenvalue weighted by Crippen LogP contribution is -2.31. The molecule has 0 spiro atoms. The van der Waals surface area contributed by atoms with Gasteiger partial charge in [-0.2, -0.15) is 0 Å². The van der Waals surface area contributed by atoms with Crippen molar-refractivity contribution in [1.82, 2.24) is 10.6 Å². The van der Waals surface area contributed by atoms with Gasteiger partial charge in [0, 0.05) is 31.9 Å². The molecule has 0 aromatic heterocycles. The fourth-order valence-corrected chi connectivity index (χ4v) is 2.57. The number of carbonyl (C=O) groups excluding carboxylic acids is 1. The minimum absolute atomic E-state index is 0.0317. The quantitative estimate of drug-likeness (QED) is 0.862. The van der Waals surface area contributed by atoms with E-state index in [0.717, 1.165) is 43.2 Å². The van der Waals surface area contributed by atoms with E-state index < -0.39 is 0 Å². The van der Waals surface area contributed by atoms with Crippen LogP contribution in [-0.4, -0.2) is 39.6 Å². The second kappa shape index (κ2) is 7.29. The van der Waals surface area contributed by atoms with Gasteiger partial charge in [0.15, 0.2) is 0 Å². The van der Waals surface area contributed by atoms with Crippen molar-refractivity contribution in [2.45, 2.75) is 19.3 Å². The Labute approximate surface area is 121 Å². The molecule has 1 aromatic rings. The van der Waals surface area contributed by atoms with Crippen molar-refractivity contribution in [3.05, 3.63) is 29.8 Å². The zero-order chi connectivity index (χ0) is 14.4. The summed E-state index contributed by atoms with van der Waals surface area (Å²) in [6.45, 7) is 3.01. The molecule has 1 fully saturated rings. The van der Waals surface area contributed by atoms with E-state index in [9.17, 15) is 4.79 Å². The Morgan fingerprint density at radius 2 is 1.90 bits per heavy atom. The largest absolute Gasteiger partial charge is 0.378 e. The molecule has 20 heavy (non-hydrogen) atoms. The summed E-state index contributed by atoms with van der Waals surface area (Å²) in [7, 11) is 3.99. The summed E-state index contributed by atoms with van der Waals surface area (Å²) in [6, 6.07) is 7.72. The predicted octanol–water partition coefficient (Wildman–Crippen LogP) is 1.87. The average Bonchev–Trinajstić information content (AvgIpc) is 2.48. The number of hydrogen-bond donors (Lipinski definition) is 2. The van der Waals surface area contributed by atoms with Crippen LogP contribution in [0.2, 0.25) is 0 Å². The van der Waals surface area contributed by atoms with Crippen molar-refractivity contribution in [2.75, 3.05) is 38.6 Å². The topological polar surface area (TPSA) is 44.4 Å². The zero-order valence-corrected chi connectivity index (χ0v) is 12.5. The van der Waals surface area contributed by atoms with Gasteiger partial charge in [0.2, 0.25) is 0 Å². The Bertz CT molecular complexity index is 422. The van der Waals surface area contributed by atoms with Crippen molar-refractivity contribution in [3.8, 4) is 0 Å². The van der Waals surface area contributed by atoms with E-state index in [1.807, 2.05) is 43.3 Å². The Hall–Kier alpha value is -1.55. The van der Waals surface area contributed by atoms with Crippen LogP contribution in [0.1, 0.15) is 29.6 Å². The molecule has 0 aliphatic carbocycles. The van der Waals surface area contributed by atoms with Crippen molar-refractivity contribution in [3.63, 3.8) is 0 Å². The maximum Gasteiger partial charge on any atom is 0.251 e. The first-order valence-corrected chi connectivity index (χ1v) is 7.43. The van der Waals surface area contributed by atoms with Gasteiger partial charge in [-0.1, -0.05) is 0 Å². The average molecular weight is 275 g/mol. The second-order valence-electron chi connectivity index (χ2n) is 5.68. The summed E-state index contributed by atoms with van der Waals surface area (Å²) in [5.41, 5.74) is 1.84. The molecule has 110 valence electrons. The molecule has 0 unspecified atom stereocenters. The maximum atomic E-state index is 12.0. The highest BCUT2D eigenvalue weighted by Crippen LogP contribution is 2.15. The molecule has 1 saturated heterocycles. The summed E-state index contributed by atoms with van der Waals surface area (Å²) >= 11 is 0. The van der Waals surface area contributed by atoms with Gasteiger partial charge < -0.3 is 15.5 Å². The van der Waals surface area contributed by atoms with E-state index >= 15 is 0 Å². The standard InChI is InChI=1S/C16H25N3O/c1-19(2)15-5-3-14(4-6-15)16(20)18-12-9-13-7-10-17-11-8-13/h3-6,13,17H,7-12H2,1-2H3,(H,18,20). The lowest BCUT2D eigenvalue weighted by atomic mass is 9.95. The number of rotatable bonds is 5. The van der Waals surface area contributed by atoms with Gasteiger partial charge >= 0.3 is 0 Å². The molecule has 4 nitrogen and oxygen atoms in total. The summed E-state index contributed by atoms with van der Waals surface area (Å²) in [5, 5.41) is 6.38. The van der Waals surface area contributed by atoms with Crippen molar-refractivity contribution in [2.24, 2.45) is 5.92 Å². The van der Waals surface area contributed by atoms with Crippen molar-refractivity contribution >= 4 is 11.6 Å². The molecular weight excluding hydrogens is 250 g/mol. The van der Waals surface area contributed by atoms with E-state index in [2.05, 4.69) is 10.6 Å². The SMILES string of the molecule is CN(C)c1ccc(C(=O)NCCC2CCNCC2)cc1. The fourth-order valence-electron chi connectivity index (χ4n) is 2.57. The number of benzene rings is 1. The number of nitrogens with zero attached hydrogens (tertiary/aromatic N) is 1. The summed E-state index contributed by atoms with van der Waals surface area (Å²) in [5.74, 6) is 0.789. The first kappa shape index (κ1) is 14.9. The number of carbonyl (C=O) groups is 1. The Balaban J connectivity index is 1.76. The lowest BCUT2D eigenvalue weighted by Gasteiger charge is -2.22. The van der Waals surface area contributed by atoms with Crippen molar-refractivity contribution < 1.29 is 4.79 Å². The first-order valence-electron chi connectivity index (χ1n) is 7.43. The molecule has 1 amide bonds. The monoisotopic (exact) mass is 275 g/mol. The number of amides is 1. The maximum absolute atomic E-state index is 12.0. The zero-order valence-electron chi connectivity index (χ0n) is 12.5. The van der Waals surface area contributed by atoms with E-state index in [-0.39, 0.29) is 5.91 Å². The van der Waals surface area contributed by atoms with Gasteiger partial charge in [0.05, 0.1) is 0 Å². The van der Waals surface area contributed by atoms with Crippen LogP contribution in [0, 0.1) is 5.92 Å². The molecule has 1 aliphatic rings. The minimum Gasteiger partial charge on any atom is -0.378 e. The number of anilines is 1. The van der Waals surface area contributed by atoms with E-state index in [1.54, 1.807) is 0 Å². The van der Waals surface area contributed by atoms with Gasteiger partial charge in [-0.25, -0.2) is 0 Å². The Morgan fingerprint density at radius 3 is 2.50 bits per heavy atom. The molecule has 0 bridgehead atoms. The molecule has 0 saturated carbocycles. The van der Waals surface area contributed by atoms with E-state index in [4.69, 9.17) is 0 Å². The molecule has 0 radical (unpaired) electrons. The first-order chi connectivity index (χ1) is 9.66. The molecule has 1 aromatic carbocycles. The molecule has 1 aliphatic heterocycles. The van der Waals surface area contributed by atoms with E-state index in [1.165, 1.54) is 12.8 Å². The van der Waals surface area contributed by atoms with Crippen LogP contribution in [0.15, 0.2) is 24.3 Å². The highest BCUT2D eigenvalue weighted by molar-refractivity contribution is 5.94. The van der Waals surface area contributed by atoms with Gasteiger partial charge in [0.1, 0.15) is 0 Å². The molecule has 2 N–H and O–H groups in total. The van der Waals surface area contributed by atoms with Crippen LogP contribution >= 0.6 is 0 Å². The number of hydrogen-bond acceptors (Lipinski definition) is 3. The minimum atomic E-state index is 0.0317. The summed E-state index contributed by atoms with van der Waals surface area (Å²) < 4.78 is 0. The third-order valence-electron chi connectivity index (χ3n) is 3.94. The summed E-state index contributed by atoms with van der Waals surface area (Å²) in [4.78, 5) is 14.1. The van der Waals surface area contributed by atoms with Crippen LogP contribution in [0.5, 0.6) is 0 Å². The smallest absolute Gasteiger partial charge is 0.251 e. The molecule has 0 atom stereocenters. The number of nitrogens with one attached hydrogen (secondary N) is 2. The summed E-state index contributed by atoms with van der Waals surface area (Å²) in [6.07, 6.45) is 3.55. The highest BCUT2D eigenvalue weighted by Gasteiger charge is 2.13. The predicted molar refractivity (Wildman–Crippen MR) is 83.3 cm³/mol. The molecule has 4 heteroatoms. The van der Waals surface area contributed by atoms with Crippen LogP contribution in [0.4, 0.5) is 5.69 Å². The second-order valence-corrected chi connectivity index (χ2v) is 5.68. The molecular formula is C16H25N3O. The van der Waals surface area contributed by atoms with Gasteiger partial charge in [-0.3, -0.25) is 4.79 Å². The van der Waals surface area contributed by atoms with Gasteiger partial charge in [0.25, 0.3) is 5.91 Å². The third kappa shape index (κ3) is 4.23. The van der Waals surface area contributed by atoms with E-state index in [0.29, 0.717) is 0 Å². The normalized spacial score (nSPS) is 15.9. The van der Waals surface area contributed by atoms with Crippen molar-refractivity contribution in [1.29, 1.82) is 0 Å². The Kier molecular flexibility index (Phi) is 5.41. The van der Waals surface area contributed by atoms with Crippen LogP contribution in [0.25, 0.3) is 0 Å². The number of piperidine rings is 1. The van der Waals surface area contributed by atoms with Crippen LogP contribution in [-0.2, 0) is 0 Å². The highest BCUT2D eigenvalue weighted by atomic mass is 16.1. The van der Waals surface area contributed by atoms with Crippen LogP contribution < -0.4 is 15.5 Å². The molecule has 1 heterocycles. The van der Waals surface area contributed by atoms with Crippen LogP contribution in [0.3, 0.4) is 0 Å². The Morgan fingerprint density at radius 1 is 1.25 bits per heavy atom. The molecule has 2 rings (SSSR count). The van der Waals surface area contributed by atoms with Gasteiger partial charge in [-0.05, 0) is 62.5 Å².